The first kappa shape index (κ1) is 15.5. The Bertz CT molecular complexity index is 705. The highest BCUT2D eigenvalue weighted by molar-refractivity contribution is 9.10. The smallest absolute Gasteiger partial charge is 0.337 e. The third kappa shape index (κ3) is 3.83. The average Bonchev–Trinajstić information content (AvgIpc) is 2.46. The van der Waals surface area contributed by atoms with Gasteiger partial charge in [-0.15, -0.1) is 0 Å². The molecule has 0 spiro atoms. The van der Waals surface area contributed by atoms with Crippen LogP contribution in [0.3, 0.4) is 0 Å². The van der Waals surface area contributed by atoms with E-state index in [0.717, 1.165) is 9.37 Å². The maximum Gasteiger partial charge on any atom is 0.337 e. The van der Waals surface area contributed by atoms with Gasteiger partial charge in [-0.25, -0.2) is 4.79 Å². The van der Waals surface area contributed by atoms with Gasteiger partial charge in [0.2, 0.25) is 0 Å². The Morgan fingerprint density at radius 1 is 1.29 bits per heavy atom. The van der Waals surface area contributed by atoms with Gasteiger partial charge in [0.05, 0.1) is 22.5 Å². The molecule has 0 fully saturated rings. The van der Waals surface area contributed by atoms with E-state index in [4.69, 9.17) is 0 Å². The summed E-state index contributed by atoms with van der Waals surface area (Å²) in [6, 6.07) is 11.5. The van der Waals surface area contributed by atoms with Gasteiger partial charge in [0.15, 0.2) is 0 Å². The standard InChI is InChI=1S/C14H10BrNO4S/c1-20-14(17)9-5-6-12(16(18)19)13(7-9)21-11-4-2-3-10(15)8-11/h2-8H,1H3. The molecule has 0 aliphatic carbocycles. The molecule has 0 radical (unpaired) electrons. The van der Waals surface area contributed by atoms with E-state index in [9.17, 15) is 14.9 Å². The Morgan fingerprint density at radius 2 is 2.05 bits per heavy atom. The maximum atomic E-state index is 11.5. The first-order chi connectivity index (χ1) is 10.0. The van der Waals surface area contributed by atoms with Crippen LogP contribution in [0.2, 0.25) is 0 Å². The predicted molar refractivity (Wildman–Crippen MR) is 82.7 cm³/mol. The molecule has 0 atom stereocenters. The van der Waals surface area contributed by atoms with Crippen molar-refractivity contribution in [2.75, 3.05) is 7.11 Å². The molecular weight excluding hydrogens is 358 g/mol. The molecule has 2 aromatic rings. The van der Waals surface area contributed by atoms with Crippen LogP contribution in [0.4, 0.5) is 5.69 Å². The van der Waals surface area contributed by atoms with Crippen molar-refractivity contribution < 1.29 is 14.5 Å². The number of carbonyl (C=O) groups is 1. The van der Waals surface area contributed by atoms with Gasteiger partial charge in [0.1, 0.15) is 0 Å². The lowest BCUT2D eigenvalue weighted by molar-refractivity contribution is -0.387. The third-order valence-electron chi connectivity index (χ3n) is 2.60. The summed E-state index contributed by atoms with van der Waals surface area (Å²) in [7, 11) is 1.27. The average molecular weight is 368 g/mol. The highest BCUT2D eigenvalue weighted by atomic mass is 79.9. The zero-order valence-electron chi connectivity index (χ0n) is 10.9. The van der Waals surface area contributed by atoms with E-state index in [2.05, 4.69) is 20.7 Å². The molecule has 108 valence electrons. The number of nitro groups is 1. The molecule has 0 amide bonds. The zero-order chi connectivity index (χ0) is 15.4. The molecular formula is C14H10BrNO4S. The second kappa shape index (κ2) is 6.73. The molecule has 0 saturated carbocycles. The van der Waals surface area contributed by atoms with Crippen LogP contribution in [0.15, 0.2) is 56.7 Å². The fourth-order valence-electron chi connectivity index (χ4n) is 1.65. The van der Waals surface area contributed by atoms with Crippen molar-refractivity contribution in [3.8, 4) is 0 Å². The molecule has 0 N–H and O–H groups in total. The highest BCUT2D eigenvalue weighted by Gasteiger charge is 2.18. The first-order valence-corrected chi connectivity index (χ1v) is 7.42. The largest absolute Gasteiger partial charge is 0.465 e. The summed E-state index contributed by atoms with van der Waals surface area (Å²) >= 11 is 4.57. The number of nitro benzene ring substituents is 1. The Balaban J connectivity index is 2.43. The van der Waals surface area contributed by atoms with Crippen molar-refractivity contribution in [3.05, 3.63) is 62.6 Å². The van der Waals surface area contributed by atoms with Crippen LogP contribution in [-0.4, -0.2) is 18.0 Å². The minimum absolute atomic E-state index is 0.0485. The molecule has 7 heteroatoms. The molecule has 0 aromatic heterocycles. The van der Waals surface area contributed by atoms with Gasteiger partial charge < -0.3 is 4.74 Å². The molecule has 0 unspecified atom stereocenters. The Hall–Kier alpha value is -1.86. The SMILES string of the molecule is COC(=O)c1ccc([N+](=O)[O-])c(Sc2cccc(Br)c2)c1. The maximum absolute atomic E-state index is 11.5. The van der Waals surface area contributed by atoms with Crippen molar-refractivity contribution in [3.63, 3.8) is 0 Å². The van der Waals surface area contributed by atoms with Crippen LogP contribution in [0.1, 0.15) is 10.4 Å². The van der Waals surface area contributed by atoms with Crippen molar-refractivity contribution in [2.24, 2.45) is 0 Å². The van der Waals surface area contributed by atoms with Gasteiger partial charge in [-0.1, -0.05) is 33.8 Å². The summed E-state index contributed by atoms with van der Waals surface area (Å²) in [5.74, 6) is -0.527. The monoisotopic (exact) mass is 367 g/mol. The van der Waals surface area contributed by atoms with Crippen LogP contribution in [0, 0.1) is 10.1 Å². The van der Waals surface area contributed by atoms with Gasteiger partial charge in [-0.2, -0.15) is 0 Å². The fourth-order valence-corrected chi connectivity index (χ4v) is 3.22. The highest BCUT2D eigenvalue weighted by Crippen LogP contribution is 2.36. The first-order valence-electron chi connectivity index (χ1n) is 5.81. The lowest BCUT2D eigenvalue weighted by atomic mass is 10.2. The van der Waals surface area contributed by atoms with E-state index in [-0.39, 0.29) is 11.3 Å². The Labute approximate surface area is 133 Å². The van der Waals surface area contributed by atoms with E-state index in [0.29, 0.717) is 4.90 Å². The molecule has 0 aliphatic rings. The molecule has 0 heterocycles. The molecule has 2 aromatic carbocycles. The van der Waals surface area contributed by atoms with Crippen molar-refractivity contribution in [2.45, 2.75) is 9.79 Å². The van der Waals surface area contributed by atoms with Crippen LogP contribution in [0.25, 0.3) is 0 Å². The number of esters is 1. The normalized spacial score (nSPS) is 10.2. The summed E-state index contributed by atoms with van der Waals surface area (Å²) in [6.07, 6.45) is 0. The number of ether oxygens (including phenoxy) is 1. The van der Waals surface area contributed by atoms with E-state index < -0.39 is 10.9 Å². The second-order valence-corrected chi connectivity index (χ2v) is 6.02. The van der Waals surface area contributed by atoms with Gasteiger partial charge in [0, 0.05) is 15.4 Å². The molecule has 5 nitrogen and oxygen atoms in total. The second-order valence-electron chi connectivity index (χ2n) is 3.99. The molecule has 0 aliphatic heterocycles. The Morgan fingerprint density at radius 3 is 2.67 bits per heavy atom. The third-order valence-corrected chi connectivity index (χ3v) is 4.13. The Kier molecular flexibility index (Phi) is 4.98. The number of hydrogen-bond donors (Lipinski definition) is 0. The van der Waals surface area contributed by atoms with Crippen molar-refractivity contribution in [1.82, 2.24) is 0 Å². The number of methoxy groups -OCH3 is 1. The van der Waals surface area contributed by atoms with E-state index in [1.807, 2.05) is 24.3 Å². The van der Waals surface area contributed by atoms with Crippen molar-refractivity contribution in [1.29, 1.82) is 0 Å². The summed E-state index contributed by atoms with van der Waals surface area (Å²) in [4.78, 5) is 23.4. The number of nitrogens with zero attached hydrogens (tertiary/aromatic N) is 1. The lowest BCUT2D eigenvalue weighted by Gasteiger charge is -2.06. The van der Waals surface area contributed by atoms with Crippen LogP contribution >= 0.6 is 27.7 Å². The van der Waals surface area contributed by atoms with E-state index in [1.165, 1.54) is 37.1 Å². The van der Waals surface area contributed by atoms with E-state index >= 15 is 0 Å². The number of hydrogen-bond acceptors (Lipinski definition) is 5. The fraction of sp³-hybridized carbons (Fsp3) is 0.0714. The van der Waals surface area contributed by atoms with Gasteiger partial charge in [-0.3, -0.25) is 10.1 Å². The molecule has 21 heavy (non-hydrogen) atoms. The van der Waals surface area contributed by atoms with E-state index in [1.54, 1.807) is 0 Å². The van der Waals surface area contributed by atoms with Gasteiger partial charge >= 0.3 is 5.97 Å². The summed E-state index contributed by atoms with van der Waals surface area (Å²) in [5, 5.41) is 11.1. The van der Waals surface area contributed by atoms with Crippen LogP contribution in [-0.2, 0) is 4.74 Å². The molecule has 0 saturated heterocycles. The minimum atomic E-state index is -0.527. The predicted octanol–water partition coefficient (Wildman–Crippen LogP) is 4.30. The summed E-state index contributed by atoms with van der Waals surface area (Å²) in [5.41, 5.74) is 0.230. The zero-order valence-corrected chi connectivity index (χ0v) is 13.3. The van der Waals surface area contributed by atoms with Gasteiger partial charge in [0.25, 0.3) is 5.69 Å². The number of benzene rings is 2. The van der Waals surface area contributed by atoms with Crippen LogP contribution in [0.5, 0.6) is 0 Å². The molecule has 2 rings (SSSR count). The van der Waals surface area contributed by atoms with Gasteiger partial charge in [-0.05, 0) is 30.3 Å². The lowest BCUT2D eigenvalue weighted by Crippen LogP contribution is -2.02. The summed E-state index contributed by atoms with van der Waals surface area (Å²) in [6.45, 7) is 0. The summed E-state index contributed by atoms with van der Waals surface area (Å²) < 4.78 is 5.51. The topological polar surface area (TPSA) is 69.4 Å². The minimum Gasteiger partial charge on any atom is -0.465 e. The van der Waals surface area contributed by atoms with Crippen LogP contribution < -0.4 is 0 Å². The quantitative estimate of drug-likeness (QED) is 0.457. The van der Waals surface area contributed by atoms with Crippen molar-refractivity contribution >= 4 is 39.3 Å². The number of halogens is 1. The number of rotatable bonds is 4. The number of carbonyl (C=O) groups excluding carboxylic acids is 1. The molecule has 0 bridgehead atoms.